The van der Waals surface area contributed by atoms with E-state index in [-0.39, 0.29) is 5.41 Å². The van der Waals surface area contributed by atoms with Crippen LogP contribution in [0.3, 0.4) is 0 Å². The number of hydrogen-bond donors (Lipinski definition) is 1. The molecule has 2 N–H and O–H groups in total. The molecule has 0 aliphatic heterocycles. The highest BCUT2D eigenvalue weighted by molar-refractivity contribution is 5.44. The summed E-state index contributed by atoms with van der Waals surface area (Å²) in [6.45, 7) is 7.21. The van der Waals surface area contributed by atoms with E-state index in [2.05, 4.69) is 26.8 Å². The van der Waals surface area contributed by atoms with E-state index in [9.17, 15) is 0 Å². The summed E-state index contributed by atoms with van der Waals surface area (Å²) >= 11 is 0. The van der Waals surface area contributed by atoms with Gasteiger partial charge >= 0.3 is 0 Å². The fourth-order valence-electron chi connectivity index (χ4n) is 2.06. The molecule has 17 heavy (non-hydrogen) atoms. The number of hydrogen-bond acceptors (Lipinski definition) is 3. The van der Waals surface area contributed by atoms with Crippen LogP contribution < -0.4 is 15.2 Å². The quantitative estimate of drug-likeness (QED) is 0.875. The van der Waals surface area contributed by atoms with E-state index >= 15 is 0 Å². The second-order valence-corrected chi connectivity index (χ2v) is 5.27. The van der Waals surface area contributed by atoms with Crippen molar-refractivity contribution >= 4 is 0 Å². The average Bonchev–Trinajstić information content (AvgIpc) is 2.27. The van der Waals surface area contributed by atoms with Crippen LogP contribution in [-0.2, 0) is 0 Å². The molecule has 0 aliphatic carbocycles. The number of rotatable bonds is 4. The highest BCUT2D eigenvalue weighted by Gasteiger charge is 2.25. The second-order valence-electron chi connectivity index (χ2n) is 5.27. The first-order valence-corrected chi connectivity index (χ1v) is 5.86. The summed E-state index contributed by atoms with van der Waals surface area (Å²) in [5.74, 6) is 1.82. The Kier molecular flexibility index (Phi) is 4.40. The third-order valence-electron chi connectivity index (χ3n) is 3.09. The summed E-state index contributed by atoms with van der Waals surface area (Å²) in [6.07, 6.45) is 0. The van der Waals surface area contributed by atoms with E-state index in [0.29, 0.717) is 12.5 Å². The largest absolute Gasteiger partial charge is 0.493 e. The summed E-state index contributed by atoms with van der Waals surface area (Å²) in [6, 6.07) is 6.01. The molecule has 0 saturated carbocycles. The molecular formula is C14H23NO2. The summed E-state index contributed by atoms with van der Waals surface area (Å²) in [7, 11) is 3.29. The number of benzene rings is 1. The fraction of sp³-hybridized carbons (Fsp3) is 0.571. The van der Waals surface area contributed by atoms with Gasteiger partial charge in [-0.1, -0.05) is 26.8 Å². The zero-order valence-corrected chi connectivity index (χ0v) is 11.4. The van der Waals surface area contributed by atoms with Crippen molar-refractivity contribution in [1.29, 1.82) is 0 Å². The topological polar surface area (TPSA) is 44.5 Å². The standard InChI is InChI=1S/C14H23NO2/c1-14(2,3)11(9-15)10-6-7-12(16-4)13(8-10)17-5/h6-8,11H,9,15H2,1-5H3. The lowest BCUT2D eigenvalue weighted by molar-refractivity contribution is 0.321. The monoisotopic (exact) mass is 237 g/mol. The maximum atomic E-state index is 5.88. The minimum absolute atomic E-state index is 0.133. The molecule has 0 aromatic heterocycles. The van der Waals surface area contributed by atoms with Crippen molar-refractivity contribution < 1.29 is 9.47 Å². The highest BCUT2D eigenvalue weighted by atomic mass is 16.5. The van der Waals surface area contributed by atoms with Gasteiger partial charge in [-0.2, -0.15) is 0 Å². The van der Waals surface area contributed by atoms with Crippen LogP contribution >= 0.6 is 0 Å². The first-order valence-electron chi connectivity index (χ1n) is 5.86. The Balaban J connectivity index is 3.14. The van der Waals surface area contributed by atoms with E-state index in [0.717, 1.165) is 11.5 Å². The molecule has 0 radical (unpaired) electrons. The van der Waals surface area contributed by atoms with Crippen molar-refractivity contribution in [3.63, 3.8) is 0 Å². The molecule has 1 aromatic rings. The van der Waals surface area contributed by atoms with Crippen molar-refractivity contribution in [1.82, 2.24) is 0 Å². The van der Waals surface area contributed by atoms with Crippen molar-refractivity contribution in [2.45, 2.75) is 26.7 Å². The summed E-state index contributed by atoms with van der Waals surface area (Å²) in [5.41, 5.74) is 7.21. The van der Waals surface area contributed by atoms with Crippen molar-refractivity contribution in [2.75, 3.05) is 20.8 Å². The van der Waals surface area contributed by atoms with Crippen LogP contribution in [0.5, 0.6) is 11.5 Å². The number of nitrogens with two attached hydrogens (primary N) is 1. The number of methoxy groups -OCH3 is 2. The van der Waals surface area contributed by atoms with Crippen molar-refractivity contribution in [3.8, 4) is 11.5 Å². The molecule has 96 valence electrons. The van der Waals surface area contributed by atoms with E-state index in [4.69, 9.17) is 15.2 Å². The smallest absolute Gasteiger partial charge is 0.160 e. The molecule has 0 saturated heterocycles. The molecule has 1 atom stereocenters. The zero-order chi connectivity index (χ0) is 13.1. The van der Waals surface area contributed by atoms with Gasteiger partial charge in [0.15, 0.2) is 11.5 Å². The summed E-state index contributed by atoms with van der Waals surface area (Å²) < 4.78 is 10.6. The molecule has 3 heteroatoms. The maximum Gasteiger partial charge on any atom is 0.160 e. The Hall–Kier alpha value is -1.22. The SMILES string of the molecule is COc1ccc(C(CN)C(C)(C)C)cc1OC. The van der Waals surface area contributed by atoms with Gasteiger partial charge < -0.3 is 15.2 Å². The van der Waals surface area contributed by atoms with E-state index in [1.54, 1.807) is 14.2 Å². The maximum absolute atomic E-state index is 5.88. The van der Waals surface area contributed by atoms with Gasteiger partial charge in [0.1, 0.15) is 0 Å². The van der Waals surface area contributed by atoms with E-state index < -0.39 is 0 Å². The molecule has 0 aliphatic rings. The fourth-order valence-corrected chi connectivity index (χ4v) is 2.06. The molecule has 0 bridgehead atoms. The Bertz CT molecular complexity index is 369. The molecule has 0 heterocycles. The second kappa shape index (κ2) is 5.41. The molecule has 0 amide bonds. The first-order chi connectivity index (χ1) is 7.93. The summed E-state index contributed by atoms with van der Waals surface area (Å²) in [5, 5.41) is 0. The predicted octanol–water partition coefficient (Wildman–Crippen LogP) is 2.79. The molecule has 1 aromatic carbocycles. The van der Waals surface area contributed by atoms with Gasteiger partial charge in [0.05, 0.1) is 14.2 Å². The van der Waals surface area contributed by atoms with Gasteiger partial charge in [-0.15, -0.1) is 0 Å². The van der Waals surface area contributed by atoms with E-state index in [1.165, 1.54) is 5.56 Å². The van der Waals surface area contributed by atoms with Crippen LogP contribution in [0.1, 0.15) is 32.3 Å². The molecular weight excluding hydrogens is 214 g/mol. The van der Waals surface area contributed by atoms with Crippen LogP contribution in [0.15, 0.2) is 18.2 Å². The lowest BCUT2D eigenvalue weighted by Gasteiger charge is -2.30. The Labute approximate surface area is 104 Å². The molecule has 1 unspecified atom stereocenters. The summed E-state index contributed by atoms with van der Waals surface area (Å²) in [4.78, 5) is 0. The third kappa shape index (κ3) is 3.13. The van der Waals surface area contributed by atoms with Crippen molar-refractivity contribution in [3.05, 3.63) is 23.8 Å². The first kappa shape index (κ1) is 13.8. The van der Waals surface area contributed by atoms with Gasteiger partial charge in [-0.05, 0) is 29.7 Å². The van der Waals surface area contributed by atoms with Gasteiger partial charge in [-0.25, -0.2) is 0 Å². The molecule has 1 rings (SSSR count). The molecule has 0 fully saturated rings. The minimum atomic E-state index is 0.133. The Morgan fingerprint density at radius 2 is 1.71 bits per heavy atom. The Morgan fingerprint density at radius 3 is 2.12 bits per heavy atom. The van der Waals surface area contributed by atoms with Gasteiger partial charge in [0.2, 0.25) is 0 Å². The predicted molar refractivity (Wildman–Crippen MR) is 70.8 cm³/mol. The normalized spacial score (nSPS) is 13.3. The van der Waals surface area contributed by atoms with Gasteiger partial charge in [0.25, 0.3) is 0 Å². The highest BCUT2D eigenvalue weighted by Crippen LogP contribution is 2.38. The zero-order valence-electron chi connectivity index (χ0n) is 11.4. The molecule has 0 spiro atoms. The van der Waals surface area contributed by atoms with Gasteiger partial charge in [-0.3, -0.25) is 0 Å². The number of ether oxygens (including phenoxy) is 2. The van der Waals surface area contributed by atoms with Crippen LogP contribution in [0, 0.1) is 5.41 Å². The van der Waals surface area contributed by atoms with E-state index in [1.807, 2.05) is 12.1 Å². The van der Waals surface area contributed by atoms with Crippen LogP contribution in [0.25, 0.3) is 0 Å². The van der Waals surface area contributed by atoms with Gasteiger partial charge in [0, 0.05) is 5.92 Å². The van der Waals surface area contributed by atoms with Crippen LogP contribution in [-0.4, -0.2) is 20.8 Å². The minimum Gasteiger partial charge on any atom is -0.493 e. The lowest BCUT2D eigenvalue weighted by Crippen LogP contribution is -2.26. The van der Waals surface area contributed by atoms with Crippen molar-refractivity contribution in [2.24, 2.45) is 11.1 Å². The average molecular weight is 237 g/mol. The van der Waals surface area contributed by atoms with Crippen LogP contribution in [0.4, 0.5) is 0 Å². The molecule has 3 nitrogen and oxygen atoms in total. The third-order valence-corrected chi connectivity index (χ3v) is 3.09. The van der Waals surface area contributed by atoms with Crippen LogP contribution in [0.2, 0.25) is 0 Å². The Morgan fingerprint density at radius 1 is 1.12 bits per heavy atom. The lowest BCUT2D eigenvalue weighted by atomic mass is 9.76.